The number of imidazole rings is 1. The van der Waals surface area contributed by atoms with Crippen LogP contribution in [0.25, 0.3) is 16.2 Å². The second-order valence-electron chi connectivity index (χ2n) is 8.72. The highest BCUT2D eigenvalue weighted by atomic mass is 32.1. The number of fused-ring (bicyclic) bond motifs is 1. The van der Waals surface area contributed by atoms with E-state index in [4.69, 9.17) is 4.98 Å². The van der Waals surface area contributed by atoms with Crippen molar-refractivity contribution in [1.82, 2.24) is 9.38 Å². The Balaban J connectivity index is 1.47. The van der Waals surface area contributed by atoms with Crippen LogP contribution in [0.4, 0.5) is 8.78 Å². The Hall–Kier alpha value is -1.75. The van der Waals surface area contributed by atoms with Gasteiger partial charge in [0.05, 0.1) is 11.4 Å². The molecule has 0 spiro atoms. The summed E-state index contributed by atoms with van der Waals surface area (Å²) < 4.78 is 29.9. The molecule has 0 radical (unpaired) electrons. The van der Waals surface area contributed by atoms with Gasteiger partial charge in [-0.25, -0.2) is 13.8 Å². The molecule has 4 aliphatic carbocycles. The molecule has 134 valence electrons. The Morgan fingerprint density at radius 3 is 2.42 bits per heavy atom. The molecular weight excluding hydrogens is 350 g/mol. The summed E-state index contributed by atoms with van der Waals surface area (Å²) in [4.78, 5) is 5.85. The number of benzene rings is 1. The van der Waals surface area contributed by atoms with Crippen LogP contribution < -0.4 is 0 Å². The highest BCUT2D eigenvalue weighted by Gasteiger charge is 2.52. The van der Waals surface area contributed by atoms with Crippen molar-refractivity contribution in [3.05, 3.63) is 47.1 Å². The number of rotatable bonds is 2. The first-order valence-electron chi connectivity index (χ1n) is 9.52. The Kier molecular flexibility index (Phi) is 3.04. The zero-order valence-electron chi connectivity index (χ0n) is 14.4. The lowest BCUT2D eigenvalue weighted by atomic mass is 9.49. The van der Waals surface area contributed by atoms with Crippen LogP contribution in [0.3, 0.4) is 0 Å². The first-order chi connectivity index (χ1) is 12.6. The standard InChI is InChI=1S/C21H20F2N2S/c22-15-1-2-17(23)16(6-15)18-11-26-20-24-19(10-25(18)20)21-7-12-3-13(8-21)5-14(4-12)9-21/h1-2,6,10-14H,3-5,7-9H2. The minimum atomic E-state index is -0.415. The van der Waals surface area contributed by atoms with E-state index < -0.39 is 11.6 Å². The van der Waals surface area contributed by atoms with E-state index in [1.165, 1.54) is 67.7 Å². The van der Waals surface area contributed by atoms with Gasteiger partial charge in [0, 0.05) is 22.6 Å². The second kappa shape index (κ2) is 5.16. The first-order valence-corrected chi connectivity index (χ1v) is 10.4. The normalized spacial score (nSPS) is 32.6. The molecule has 7 rings (SSSR count). The van der Waals surface area contributed by atoms with Crippen molar-refractivity contribution < 1.29 is 8.78 Å². The Morgan fingerprint density at radius 1 is 1.04 bits per heavy atom. The molecule has 26 heavy (non-hydrogen) atoms. The van der Waals surface area contributed by atoms with E-state index in [0.717, 1.165) is 28.8 Å². The van der Waals surface area contributed by atoms with Crippen molar-refractivity contribution in [1.29, 1.82) is 0 Å². The predicted molar refractivity (Wildman–Crippen MR) is 98.3 cm³/mol. The van der Waals surface area contributed by atoms with Crippen LogP contribution in [0.5, 0.6) is 0 Å². The van der Waals surface area contributed by atoms with E-state index in [1.807, 2.05) is 9.78 Å². The number of thiazole rings is 1. The van der Waals surface area contributed by atoms with Crippen molar-refractivity contribution in [3.63, 3.8) is 0 Å². The van der Waals surface area contributed by atoms with E-state index in [-0.39, 0.29) is 5.41 Å². The first kappa shape index (κ1) is 15.3. The lowest BCUT2D eigenvalue weighted by molar-refractivity contribution is -0.00696. The molecule has 3 aromatic rings. The zero-order chi connectivity index (χ0) is 17.5. The zero-order valence-corrected chi connectivity index (χ0v) is 15.2. The number of aromatic nitrogens is 2. The molecule has 5 heteroatoms. The van der Waals surface area contributed by atoms with Gasteiger partial charge in [0.2, 0.25) is 0 Å². The van der Waals surface area contributed by atoms with Crippen LogP contribution in [0.2, 0.25) is 0 Å². The van der Waals surface area contributed by atoms with Gasteiger partial charge in [-0.1, -0.05) is 0 Å². The number of hydrogen-bond donors (Lipinski definition) is 0. The fraction of sp³-hybridized carbons (Fsp3) is 0.476. The summed E-state index contributed by atoms with van der Waals surface area (Å²) in [6.45, 7) is 0. The van der Waals surface area contributed by atoms with Crippen LogP contribution in [-0.4, -0.2) is 9.38 Å². The Labute approximate surface area is 154 Å². The average molecular weight is 370 g/mol. The maximum Gasteiger partial charge on any atom is 0.194 e. The lowest BCUT2D eigenvalue weighted by Crippen LogP contribution is -2.48. The summed E-state index contributed by atoms with van der Waals surface area (Å²) in [5, 5.41) is 1.88. The van der Waals surface area contributed by atoms with Gasteiger partial charge in [-0.2, -0.15) is 0 Å². The van der Waals surface area contributed by atoms with Gasteiger partial charge in [0.15, 0.2) is 4.96 Å². The third kappa shape index (κ3) is 2.10. The van der Waals surface area contributed by atoms with Crippen molar-refractivity contribution in [2.75, 3.05) is 0 Å². The largest absolute Gasteiger partial charge is 0.290 e. The van der Waals surface area contributed by atoms with Gasteiger partial charge >= 0.3 is 0 Å². The van der Waals surface area contributed by atoms with E-state index in [1.54, 1.807) is 0 Å². The van der Waals surface area contributed by atoms with Gasteiger partial charge in [0.1, 0.15) is 11.6 Å². The van der Waals surface area contributed by atoms with Crippen molar-refractivity contribution in [3.8, 4) is 11.3 Å². The molecule has 0 amide bonds. The topological polar surface area (TPSA) is 17.3 Å². The van der Waals surface area contributed by atoms with Gasteiger partial charge < -0.3 is 0 Å². The predicted octanol–water partition coefficient (Wildman–Crippen LogP) is 5.81. The molecular formula is C21H20F2N2S. The molecule has 4 saturated carbocycles. The average Bonchev–Trinajstić information content (AvgIpc) is 3.17. The smallest absolute Gasteiger partial charge is 0.194 e. The molecule has 2 aromatic heterocycles. The SMILES string of the molecule is Fc1ccc(F)c(-c2csc3nc(C45CC6CC(CC(C6)C4)C5)cn23)c1. The molecule has 0 atom stereocenters. The maximum atomic E-state index is 14.3. The van der Waals surface area contributed by atoms with E-state index in [9.17, 15) is 8.78 Å². The quantitative estimate of drug-likeness (QED) is 0.556. The van der Waals surface area contributed by atoms with Gasteiger partial charge in [-0.15, -0.1) is 11.3 Å². The summed E-state index contributed by atoms with van der Waals surface area (Å²) >= 11 is 1.51. The fourth-order valence-corrected chi connectivity index (χ4v) is 7.22. The Morgan fingerprint density at radius 2 is 1.73 bits per heavy atom. The fourth-order valence-electron chi connectivity index (χ4n) is 6.35. The summed E-state index contributed by atoms with van der Waals surface area (Å²) in [5.41, 5.74) is 2.41. The van der Waals surface area contributed by atoms with Crippen LogP contribution in [0.15, 0.2) is 29.8 Å². The van der Waals surface area contributed by atoms with Crippen LogP contribution in [0.1, 0.15) is 44.2 Å². The molecule has 0 N–H and O–H groups in total. The molecule has 2 heterocycles. The minimum Gasteiger partial charge on any atom is -0.290 e. The highest BCUT2D eigenvalue weighted by Crippen LogP contribution is 2.60. The van der Waals surface area contributed by atoms with Crippen molar-refractivity contribution in [2.24, 2.45) is 17.8 Å². The molecule has 1 aromatic carbocycles. The van der Waals surface area contributed by atoms with Crippen LogP contribution >= 0.6 is 11.3 Å². The monoisotopic (exact) mass is 370 g/mol. The van der Waals surface area contributed by atoms with Gasteiger partial charge in [-0.3, -0.25) is 4.40 Å². The van der Waals surface area contributed by atoms with Gasteiger partial charge in [0.25, 0.3) is 0 Å². The molecule has 0 unspecified atom stereocenters. The molecule has 0 saturated heterocycles. The van der Waals surface area contributed by atoms with Gasteiger partial charge in [-0.05, 0) is 74.5 Å². The Bertz CT molecular complexity index is 983. The maximum absolute atomic E-state index is 14.3. The molecule has 4 aliphatic rings. The van der Waals surface area contributed by atoms with Crippen molar-refractivity contribution >= 4 is 16.3 Å². The lowest BCUT2D eigenvalue weighted by Gasteiger charge is -2.56. The third-order valence-corrected chi connectivity index (χ3v) is 7.83. The molecule has 4 fully saturated rings. The molecule has 0 aliphatic heterocycles. The summed E-state index contributed by atoms with van der Waals surface area (Å²) in [6, 6.07) is 3.64. The van der Waals surface area contributed by atoms with Crippen LogP contribution in [0, 0.1) is 29.4 Å². The summed E-state index contributed by atoms with van der Waals surface area (Å²) in [6.07, 6.45) is 10.1. The summed E-state index contributed by atoms with van der Waals surface area (Å²) in [7, 11) is 0. The second-order valence-corrected chi connectivity index (χ2v) is 9.56. The number of hydrogen-bond acceptors (Lipinski definition) is 2. The van der Waals surface area contributed by atoms with Crippen molar-refractivity contribution in [2.45, 2.75) is 43.9 Å². The third-order valence-electron chi connectivity index (χ3n) is 7.00. The molecule has 4 bridgehead atoms. The van der Waals surface area contributed by atoms with Crippen LogP contribution in [-0.2, 0) is 5.41 Å². The number of halogens is 2. The van der Waals surface area contributed by atoms with E-state index in [2.05, 4.69) is 6.20 Å². The number of nitrogens with zero attached hydrogens (tertiary/aromatic N) is 2. The highest BCUT2D eigenvalue weighted by molar-refractivity contribution is 7.15. The van der Waals surface area contributed by atoms with E-state index >= 15 is 0 Å². The molecule has 2 nitrogen and oxygen atoms in total. The minimum absolute atomic E-state index is 0.220. The van der Waals surface area contributed by atoms with E-state index in [0.29, 0.717) is 11.3 Å². The summed E-state index contributed by atoms with van der Waals surface area (Å²) in [5.74, 6) is 1.78.